The molecule has 0 aliphatic heterocycles. The Labute approximate surface area is 142 Å². The minimum absolute atomic E-state index is 0.300. The number of thiocarbonyl (C=S) groups is 1. The Hall–Kier alpha value is -1.69. The molecule has 1 aliphatic carbocycles. The van der Waals surface area contributed by atoms with Gasteiger partial charge in [-0.1, -0.05) is 19.8 Å². The van der Waals surface area contributed by atoms with E-state index in [1.165, 1.54) is 25.7 Å². The van der Waals surface area contributed by atoms with Crippen LogP contribution in [0.1, 0.15) is 52.5 Å². The van der Waals surface area contributed by atoms with Gasteiger partial charge in [0.25, 0.3) is 0 Å². The standard InChI is InChI=1S/C17H25N5S/c1-11(2)22-16-13(9-19-22)8-14(10-18-16)20-17(23)21-15-7-5-4-6-12(15)3/h8-12,15H,4-7H2,1-3H3,(H2,20,21,23)/t12-,15+/m0/s1. The second-order valence-electron chi connectivity index (χ2n) is 6.79. The SMILES string of the molecule is CC(C)n1ncc2cc(NC(=S)N[C@@H]3CCCC[C@@H]3C)cnc21. The summed E-state index contributed by atoms with van der Waals surface area (Å²) in [6.45, 7) is 6.50. The third-order valence-electron chi connectivity index (χ3n) is 4.61. The van der Waals surface area contributed by atoms with Crippen LogP contribution in [0.25, 0.3) is 11.0 Å². The van der Waals surface area contributed by atoms with E-state index in [9.17, 15) is 0 Å². The van der Waals surface area contributed by atoms with Crippen LogP contribution in [0.2, 0.25) is 0 Å². The molecule has 124 valence electrons. The van der Waals surface area contributed by atoms with Gasteiger partial charge in [-0.3, -0.25) is 0 Å². The molecule has 0 unspecified atom stereocenters. The average Bonchev–Trinajstić information content (AvgIpc) is 2.93. The number of fused-ring (bicyclic) bond motifs is 1. The van der Waals surface area contributed by atoms with Gasteiger partial charge in [0, 0.05) is 17.5 Å². The van der Waals surface area contributed by atoms with Gasteiger partial charge in [-0.2, -0.15) is 5.10 Å². The minimum Gasteiger partial charge on any atom is -0.359 e. The van der Waals surface area contributed by atoms with E-state index in [0.717, 1.165) is 16.7 Å². The maximum Gasteiger partial charge on any atom is 0.171 e. The van der Waals surface area contributed by atoms with Crippen LogP contribution in [0.5, 0.6) is 0 Å². The molecule has 1 fully saturated rings. The van der Waals surface area contributed by atoms with Crippen LogP contribution in [0.15, 0.2) is 18.5 Å². The van der Waals surface area contributed by atoms with E-state index < -0.39 is 0 Å². The summed E-state index contributed by atoms with van der Waals surface area (Å²) in [6.07, 6.45) is 8.77. The van der Waals surface area contributed by atoms with Gasteiger partial charge in [0.05, 0.1) is 18.1 Å². The predicted octanol–water partition coefficient (Wildman–Crippen LogP) is 3.88. The molecule has 0 aromatic carbocycles. The molecule has 2 aromatic heterocycles. The van der Waals surface area contributed by atoms with Crippen LogP contribution in [-0.4, -0.2) is 25.9 Å². The summed E-state index contributed by atoms with van der Waals surface area (Å²) in [5, 5.41) is 12.8. The van der Waals surface area contributed by atoms with Crippen molar-refractivity contribution >= 4 is 34.1 Å². The van der Waals surface area contributed by atoms with Crippen LogP contribution in [0, 0.1) is 5.92 Å². The molecule has 0 bridgehead atoms. The lowest BCUT2D eigenvalue weighted by Gasteiger charge is -2.30. The first-order chi connectivity index (χ1) is 11.0. The smallest absolute Gasteiger partial charge is 0.171 e. The predicted molar refractivity (Wildman–Crippen MR) is 98.7 cm³/mol. The third kappa shape index (κ3) is 3.63. The topological polar surface area (TPSA) is 54.8 Å². The fraction of sp³-hybridized carbons (Fsp3) is 0.588. The molecule has 0 radical (unpaired) electrons. The van der Waals surface area contributed by atoms with Crippen molar-refractivity contribution in [1.82, 2.24) is 20.1 Å². The Kier molecular flexibility index (Phi) is 4.80. The molecule has 2 atom stereocenters. The first-order valence-electron chi connectivity index (χ1n) is 8.45. The van der Waals surface area contributed by atoms with Crippen molar-refractivity contribution in [3.8, 4) is 0 Å². The zero-order valence-corrected chi connectivity index (χ0v) is 14.9. The Balaban J connectivity index is 1.67. The quantitative estimate of drug-likeness (QED) is 0.836. The molecule has 6 heteroatoms. The Morgan fingerprint density at radius 1 is 1.30 bits per heavy atom. The summed E-state index contributed by atoms with van der Waals surface area (Å²) in [5.74, 6) is 0.674. The molecular weight excluding hydrogens is 306 g/mol. The van der Waals surface area contributed by atoms with Gasteiger partial charge in [-0.05, 0) is 50.9 Å². The highest BCUT2D eigenvalue weighted by atomic mass is 32.1. The zero-order chi connectivity index (χ0) is 16.4. The van der Waals surface area contributed by atoms with E-state index in [1.807, 2.05) is 23.1 Å². The van der Waals surface area contributed by atoms with E-state index in [0.29, 0.717) is 23.1 Å². The van der Waals surface area contributed by atoms with Gasteiger partial charge in [0.15, 0.2) is 10.8 Å². The fourth-order valence-electron chi connectivity index (χ4n) is 3.25. The number of aromatic nitrogens is 3. The highest BCUT2D eigenvalue weighted by Gasteiger charge is 2.21. The minimum atomic E-state index is 0.300. The normalized spacial score (nSPS) is 21.6. The molecule has 2 N–H and O–H groups in total. The van der Waals surface area contributed by atoms with Gasteiger partial charge >= 0.3 is 0 Å². The van der Waals surface area contributed by atoms with Crippen molar-refractivity contribution in [2.24, 2.45) is 5.92 Å². The maximum atomic E-state index is 5.47. The number of hydrogen-bond acceptors (Lipinski definition) is 3. The monoisotopic (exact) mass is 331 g/mol. The van der Waals surface area contributed by atoms with Crippen LogP contribution < -0.4 is 10.6 Å². The molecule has 5 nitrogen and oxygen atoms in total. The summed E-state index contributed by atoms with van der Waals surface area (Å²) >= 11 is 5.47. The van der Waals surface area contributed by atoms with Gasteiger partial charge < -0.3 is 10.6 Å². The van der Waals surface area contributed by atoms with E-state index in [1.54, 1.807) is 0 Å². The number of anilines is 1. The second kappa shape index (κ2) is 6.83. The Morgan fingerprint density at radius 3 is 2.83 bits per heavy atom. The van der Waals surface area contributed by atoms with Crippen molar-refractivity contribution in [1.29, 1.82) is 0 Å². The maximum absolute atomic E-state index is 5.47. The van der Waals surface area contributed by atoms with Crippen LogP contribution in [-0.2, 0) is 0 Å². The molecule has 3 rings (SSSR count). The first kappa shape index (κ1) is 16.2. The lowest BCUT2D eigenvalue weighted by molar-refractivity contribution is 0.309. The average molecular weight is 331 g/mol. The van der Waals surface area contributed by atoms with Gasteiger partial charge in [-0.25, -0.2) is 9.67 Å². The summed E-state index contributed by atoms with van der Waals surface area (Å²) in [7, 11) is 0. The zero-order valence-electron chi connectivity index (χ0n) is 14.0. The van der Waals surface area contributed by atoms with Crippen LogP contribution >= 0.6 is 12.2 Å². The highest BCUT2D eigenvalue weighted by molar-refractivity contribution is 7.80. The Morgan fingerprint density at radius 2 is 2.09 bits per heavy atom. The van der Waals surface area contributed by atoms with Crippen molar-refractivity contribution < 1.29 is 0 Å². The molecular formula is C17H25N5S. The molecule has 2 aromatic rings. The largest absolute Gasteiger partial charge is 0.359 e. The highest BCUT2D eigenvalue weighted by Crippen LogP contribution is 2.24. The number of pyridine rings is 1. The molecule has 0 amide bonds. The lowest BCUT2D eigenvalue weighted by atomic mass is 9.86. The first-order valence-corrected chi connectivity index (χ1v) is 8.86. The summed E-state index contributed by atoms with van der Waals surface area (Å²) < 4.78 is 1.93. The molecule has 1 aliphatic rings. The lowest BCUT2D eigenvalue weighted by Crippen LogP contribution is -2.43. The van der Waals surface area contributed by atoms with E-state index >= 15 is 0 Å². The summed E-state index contributed by atoms with van der Waals surface area (Å²) in [5.41, 5.74) is 1.81. The summed E-state index contributed by atoms with van der Waals surface area (Å²) in [6, 6.07) is 2.82. The van der Waals surface area contributed by atoms with E-state index in [2.05, 4.69) is 41.5 Å². The van der Waals surface area contributed by atoms with Gasteiger partial charge in [0.1, 0.15) is 0 Å². The molecule has 1 saturated carbocycles. The third-order valence-corrected chi connectivity index (χ3v) is 4.83. The molecule has 2 heterocycles. The number of nitrogens with one attached hydrogen (secondary N) is 2. The summed E-state index contributed by atoms with van der Waals surface area (Å²) in [4.78, 5) is 4.53. The Bertz CT molecular complexity index is 693. The van der Waals surface area contributed by atoms with Crippen molar-refractivity contribution in [2.75, 3.05) is 5.32 Å². The molecule has 0 saturated heterocycles. The van der Waals surface area contributed by atoms with Crippen LogP contribution in [0.3, 0.4) is 0 Å². The molecule has 23 heavy (non-hydrogen) atoms. The molecule has 0 spiro atoms. The van der Waals surface area contributed by atoms with E-state index in [4.69, 9.17) is 12.2 Å². The van der Waals surface area contributed by atoms with Crippen molar-refractivity contribution in [3.63, 3.8) is 0 Å². The number of nitrogens with zero attached hydrogens (tertiary/aromatic N) is 3. The van der Waals surface area contributed by atoms with Crippen LogP contribution in [0.4, 0.5) is 5.69 Å². The fourth-order valence-corrected chi connectivity index (χ4v) is 3.52. The second-order valence-corrected chi connectivity index (χ2v) is 7.19. The number of hydrogen-bond donors (Lipinski definition) is 2. The van der Waals surface area contributed by atoms with Crippen molar-refractivity contribution in [2.45, 2.75) is 58.5 Å². The van der Waals surface area contributed by atoms with Gasteiger partial charge in [0.2, 0.25) is 0 Å². The van der Waals surface area contributed by atoms with E-state index in [-0.39, 0.29) is 0 Å². The van der Waals surface area contributed by atoms with Gasteiger partial charge in [-0.15, -0.1) is 0 Å². The number of rotatable bonds is 3. The van der Waals surface area contributed by atoms with Crippen molar-refractivity contribution in [3.05, 3.63) is 18.5 Å².